The number of hydrogen-bond acceptors (Lipinski definition) is 12. The predicted octanol–water partition coefficient (Wildman–Crippen LogP) is 16.3. The second-order valence-electron chi connectivity index (χ2n) is 22.0. The van der Waals surface area contributed by atoms with E-state index in [9.17, 15) is 37.1 Å². The van der Waals surface area contributed by atoms with Crippen LogP contribution in [0.1, 0.15) is 89.1 Å². The Morgan fingerprint density at radius 3 is 1.01 bits per heavy atom. The van der Waals surface area contributed by atoms with Gasteiger partial charge in [0.2, 0.25) is 0 Å². The first-order chi connectivity index (χ1) is 41.0. The van der Waals surface area contributed by atoms with Crippen molar-refractivity contribution in [2.45, 2.75) is 105 Å². The van der Waals surface area contributed by atoms with E-state index in [1.54, 1.807) is 73.7 Å². The van der Waals surface area contributed by atoms with Crippen molar-refractivity contribution < 1.29 is 89.9 Å². The van der Waals surface area contributed by atoms with E-state index < -0.39 is 52.3 Å². The first kappa shape index (κ1) is 71.9. The van der Waals surface area contributed by atoms with E-state index in [2.05, 4.69) is 45.7 Å². The van der Waals surface area contributed by atoms with Crippen LogP contribution in [0.2, 0.25) is 10.0 Å². The summed E-state index contributed by atoms with van der Waals surface area (Å²) < 4.78 is 102. The number of carboxylic acid groups (broad SMARTS) is 3. The Hall–Kier alpha value is -8.55. The maximum Gasteiger partial charge on any atom is 0.419 e. The van der Waals surface area contributed by atoms with Crippen molar-refractivity contribution in [3.05, 3.63) is 195 Å². The summed E-state index contributed by atoms with van der Waals surface area (Å²) in [4.78, 5) is 33.6. The van der Waals surface area contributed by atoms with E-state index in [0.29, 0.717) is 92.7 Å². The van der Waals surface area contributed by atoms with Crippen molar-refractivity contribution >= 4 is 41.1 Å². The molecule has 0 atom stereocenters. The highest BCUT2D eigenvalue weighted by molar-refractivity contribution is 6.42. The third-order valence-electron chi connectivity index (χ3n) is 12.4. The Morgan fingerprint density at radius 2 is 0.727 bits per heavy atom. The molecule has 0 heterocycles. The van der Waals surface area contributed by atoms with Crippen molar-refractivity contribution in [3.8, 4) is 51.7 Å². The molecule has 0 saturated carbocycles. The molecule has 6 aromatic carbocycles. The number of rotatable bonds is 28. The smallest absolute Gasteiger partial charge is 0.419 e. The highest BCUT2D eigenvalue weighted by Crippen LogP contribution is 2.34. The van der Waals surface area contributed by atoms with Crippen molar-refractivity contribution in [2.24, 2.45) is 0 Å². The van der Waals surface area contributed by atoms with E-state index in [1.165, 1.54) is 47.1 Å². The molecule has 0 fully saturated rings. The lowest BCUT2D eigenvalue weighted by Crippen LogP contribution is -2.38. The average Bonchev–Trinajstić information content (AvgIpc) is 2.70. The summed E-state index contributed by atoms with van der Waals surface area (Å²) in [6.07, 6.45) is -4.78. The number of aliphatic carboxylic acids is 3. The van der Waals surface area contributed by atoms with Crippen LogP contribution in [0.15, 0.2) is 152 Å². The molecule has 0 aromatic heterocycles. The molecule has 3 N–H and O–H groups in total. The molecule has 0 bridgehead atoms. The number of halogens is 6. The molecule has 0 spiro atoms. The van der Waals surface area contributed by atoms with Gasteiger partial charge in [0.1, 0.15) is 97.2 Å². The fourth-order valence-corrected chi connectivity index (χ4v) is 7.29. The Kier molecular flexibility index (Phi) is 26.1. The number of carboxylic acids is 3. The van der Waals surface area contributed by atoms with Crippen molar-refractivity contribution in [2.75, 3.05) is 39.6 Å². The maximum atomic E-state index is 13.6. The normalized spacial score (nSPS) is 11.3. The third-order valence-corrected chi connectivity index (χ3v) is 13.2. The van der Waals surface area contributed by atoms with E-state index >= 15 is 0 Å². The second-order valence-corrected chi connectivity index (χ2v) is 22.8. The fourth-order valence-electron chi connectivity index (χ4n) is 7.00. The summed E-state index contributed by atoms with van der Waals surface area (Å²) >= 11 is 11.8. The van der Waals surface area contributed by atoms with Crippen molar-refractivity contribution in [1.29, 1.82) is 0 Å². The van der Waals surface area contributed by atoms with Crippen LogP contribution in [0.4, 0.5) is 17.6 Å². The lowest BCUT2D eigenvalue weighted by atomic mass is 10.0. The zero-order valence-electron chi connectivity index (χ0n) is 50.9. The quantitative estimate of drug-likeness (QED) is 0.0310. The molecule has 0 aliphatic rings. The van der Waals surface area contributed by atoms with Gasteiger partial charge in [0, 0.05) is 12.1 Å². The number of aryl methyl sites for hydroxylation is 3. The van der Waals surface area contributed by atoms with Crippen LogP contribution in [-0.2, 0) is 20.6 Å². The highest BCUT2D eigenvalue weighted by atomic mass is 35.5. The summed E-state index contributed by atoms with van der Waals surface area (Å²) in [6, 6.07) is 30.7. The van der Waals surface area contributed by atoms with Gasteiger partial charge in [-0.05, 0) is 198 Å². The van der Waals surface area contributed by atoms with Crippen LogP contribution in [0.25, 0.3) is 0 Å². The lowest BCUT2D eigenvalue weighted by molar-refractivity contribution is -0.152. The number of carbonyl (C=O) groups is 3. The molecule has 6 rings (SSSR count). The van der Waals surface area contributed by atoms with Gasteiger partial charge in [0.05, 0.1) is 15.6 Å². The van der Waals surface area contributed by atoms with Crippen LogP contribution in [0, 0.1) is 26.6 Å². The summed E-state index contributed by atoms with van der Waals surface area (Å²) in [7, 11) is 0. The van der Waals surface area contributed by atoms with Crippen molar-refractivity contribution in [1.82, 2.24) is 0 Å². The maximum absolute atomic E-state index is 13.6. The van der Waals surface area contributed by atoms with Crippen LogP contribution in [-0.4, -0.2) is 89.7 Å². The van der Waals surface area contributed by atoms with Gasteiger partial charge in [0.15, 0.2) is 16.8 Å². The molecular weight excluding hydrogens is 1190 g/mol. The minimum absolute atomic E-state index is 0.0450. The van der Waals surface area contributed by atoms with Crippen LogP contribution < -0.4 is 42.6 Å². The van der Waals surface area contributed by atoms with Gasteiger partial charge < -0.3 is 58.0 Å². The van der Waals surface area contributed by atoms with Gasteiger partial charge in [-0.2, -0.15) is 13.2 Å². The summed E-state index contributed by atoms with van der Waals surface area (Å²) in [5.74, 6) is 0.379. The van der Waals surface area contributed by atoms with E-state index in [-0.39, 0.29) is 32.2 Å². The first-order valence-corrected chi connectivity index (χ1v) is 28.0. The first-order valence-electron chi connectivity index (χ1n) is 27.2. The zero-order chi connectivity index (χ0) is 65.9. The summed E-state index contributed by atoms with van der Waals surface area (Å²) in [6.45, 7) is 31.5. The minimum atomic E-state index is -4.78. The Balaban J connectivity index is 0.000000283. The zero-order valence-corrected chi connectivity index (χ0v) is 52.4. The van der Waals surface area contributed by atoms with Gasteiger partial charge in [-0.1, -0.05) is 68.9 Å². The second kappa shape index (κ2) is 31.9. The molecule has 0 aliphatic carbocycles. The summed E-state index contributed by atoms with van der Waals surface area (Å²) in [5.41, 5.74) is 0.128. The number of benzene rings is 6. The number of alkyl halides is 3. The molecule has 474 valence electrons. The van der Waals surface area contributed by atoms with E-state index in [1.807, 2.05) is 32.0 Å². The third kappa shape index (κ3) is 23.3. The molecule has 0 aliphatic heterocycles. The van der Waals surface area contributed by atoms with Crippen LogP contribution in [0.3, 0.4) is 0 Å². The molecule has 0 saturated heterocycles. The van der Waals surface area contributed by atoms with E-state index in [4.69, 9.17) is 76.0 Å². The van der Waals surface area contributed by atoms with E-state index in [0.717, 1.165) is 34.1 Å². The Bertz CT molecular complexity index is 3410. The van der Waals surface area contributed by atoms with Gasteiger partial charge in [-0.25, -0.2) is 18.8 Å². The molecule has 88 heavy (non-hydrogen) atoms. The minimum Gasteiger partial charge on any atom is -0.489 e. The monoisotopic (exact) mass is 1260 g/mol. The molecule has 15 nitrogen and oxygen atoms in total. The fraction of sp³-hybridized carbons (Fsp3) is 0.328. The van der Waals surface area contributed by atoms with Gasteiger partial charge >= 0.3 is 24.1 Å². The Morgan fingerprint density at radius 1 is 0.443 bits per heavy atom. The molecule has 21 heteroatoms. The van der Waals surface area contributed by atoms with Crippen LogP contribution >= 0.6 is 23.2 Å². The average molecular weight is 1270 g/mol. The number of hydrogen-bond donors (Lipinski definition) is 3. The predicted molar refractivity (Wildman–Crippen MR) is 329 cm³/mol. The van der Waals surface area contributed by atoms with Gasteiger partial charge in [-0.3, -0.25) is 0 Å². The number of ether oxygens (including phenoxy) is 9. The molecule has 0 amide bonds. The standard InChI is InChI=1S/C24H30O5.C22H22F4O5.C21H22Cl2O5/c1-16(2)19-7-9-20(10-8-19)27-14-17(3)15-28-21-11-12-22(18(4)13-21)29-24(5,6)23(25)26;1-13(12-30-16-5-7-17(18(23)10-16)22(24,25)26)11-29-15-6-8-19(14(2)9-15)31-21(3,4)20(27)28;1-13(12-27-16-5-7-17(22)18(23)10-16)11-26-15-6-8-19(14(2)9-15)28-21(3,4)20(24)25/h7-13,16H,3,14-15H2,1-2,4-6H3,(H,25,26);5-10H,1,11-12H2,2-4H3,(H,27,28);5-10H,1,11-12H2,2-4H3,(H,24,25). The highest BCUT2D eigenvalue weighted by Gasteiger charge is 2.35. The molecular formula is C67H74Cl2F4O15. The molecule has 6 aromatic rings. The molecule has 0 radical (unpaired) electrons. The SMILES string of the molecule is C=C(COc1ccc(C(C)C)cc1)COc1ccc(OC(C)(C)C(=O)O)c(C)c1.C=C(COc1ccc(OC(C)(C)C(=O)O)c(C)c1)COc1ccc(C(F)(F)F)c(F)c1.C=C(COc1ccc(OC(C)(C)C(=O)O)c(C)c1)COc1ccc(Cl)c(Cl)c1. The Labute approximate surface area is 520 Å². The lowest BCUT2D eigenvalue weighted by Gasteiger charge is -2.23. The van der Waals surface area contributed by atoms with Crippen LogP contribution in [0.5, 0.6) is 51.7 Å². The molecule has 0 unspecified atom stereocenters. The summed E-state index contributed by atoms with van der Waals surface area (Å²) in [5, 5.41) is 28.4. The van der Waals surface area contributed by atoms with Crippen molar-refractivity contribution in [3.63, 3.8) is 0 Å². The van der Waals surface area contributed by atoms with Gasteiger partial charge in [0.25, 0.3) is 0 Å². The topological polar surface area (TPSA) is 195 Å². The van der Waals surface area contributed by atoms with Gasteiger partial charge in [-0.15, -0.1) is 0 Å². The largest absolute Gasteiger partial charge is 0.489 e.